The molecule has 3 rings (SSSR count). The first-order valence-corrected chi connectivity index (χ1v) is 8.46. The Kier molecular flexibility index (Phi) is 5.17. The van der Waals surface area contributed by atoms with E-state index in [1.807, 2.05) is 61.5 Å². The van der Waals surface area contributed by atoms with Crippen molar-refractivity contribution in [2.45, 2.75) is 18.6 Å². The zero-order chi connectivity index (χ0) is 17.7. The highest BCUT2D eigenvalue weighted by atomic mass is 16.5. The molecule has 3 N–H and O–H groups in total. The highest BCUT2D eigenvalue weighted by Gasteiger charge is 2.38. The summed E-state index contributed by atoms with van der Waals surface area (Å²) < 4.78 is 5.70. The van der Waals surface area contributed by atoms with Crippen LogP contribution in [-0.4, -0.2) is 13.3 Å². The molecule has 0 aliphatic rings. The van der Waals surface area contributed by atoms with Crippen LogP contribution < -0.4 is 15.8 Å². The Labute approximate surface area is 149 Å². The fraction of sp³-hybridized carbons (Fsp3) is 0.182. The van der Waals surface area contributed by atoms with E-state index in [9.17, 15) is 0 Å². The van der Waals surface area contributed by atoms with Crippen LogP contribution >= 0.6 is 0 Å². The lowest BCUT2D eigenvalue weighted by Crippen LogP contribution is -2.52. The number of methoxy groups -OCH3 is 1. The largest absolute Gasteiger partial charge is 0.496 e. The van der Waals surface area contributed by atoms with Crippen LogP contribution in [0.25, 0.3) is 0 Å². The number of ether oxygens (including phenoxy) is 1. The average molecular weight is 332 g/mol. The molecule has 0 aliphatic carbocycles. The zero-order valence-corrected chi connectivity index (χ0v) is 14.6. The second-order valence-electron chi connectivity index (χ2n) is 6.12. The first-order valence-electron chi connectivity index (χ1n) is 8.46. The van der Waals surface area contributed by atoms with E-state index in [0.29, 0.717) is 0 Å². The van der Waals surface area contributed by atoms with Crippen molar-refractivity contribution >= 4 is 0 Å². The third-order valence-corrected chi connectivity index (χ3v) is 4.37. The van der Waals surface area contributed by atoms with Crippen molar-refractivity contribution in [3.05, 3.63) is 102 Å². The summed E-state index contributed by atoms with van der Waals surface area (Å²) in [6.07, 6.45) is -0.217. The quantitative estimate of drug-likeness (QED) is 0.532. The van der Waals surface area contributed by atoms with Crippen molar-refractivity contribution in [3.8, 4) is 5.75 Å². The smallest absolute Gasteiger partial charge is 0.124 e. The topological polar surface area (TPSA) is 47.3 Å². The standard InChI is InChI=1S/C22H24N2O/c1-17(23)24-22(18-11-5-3-6-12-18,19-13-7-4-8-14-19)20-15-9-10-16-21(20)25-2/h3-17,24H,23H2,1-2H3. The van der Waals surface area contributed by atoms with Gasteiger partial charge >= 0.3 is 0 Å². The number of nitrogens with two attached hydrogens (primary N) is 1. The normalized spacial score (nSPS) is 12.6. The fourth-order valence-corrected chi connectivity index (χ4v) is 3.39. The number of hydrogen-bond donors (Lipinski definition) is 2. The molecule has 3 nitrogen and oxygen atoms in total. The second-order valence-corrected chi connectivity index (χ2v) is 6.12. The number of hydrogen-bond acceptors (Lipinski definition) is 3. The molecule has 0 aliphatic heterocycles. The van der Waals surface area contributed by atoms with E-state index in [0.717, 1.165) is 22.4 Å². The minimum atomic E-state index is -0.608. The number of benzene rings is 3. The van der Waals surface area contributed by atoms with Gasteiger partial charge < -0.3 is 10.5 Å². The molecule has 0 saturated carbocycles. The Hall–Kier alpha value is -2.62. The monoisotopic (exact) mass is 332 g/mol. The predicted molar refractivity (Wildman–Crippen MR) is 103 cm³/mol. The van der Waals surface area contributed by atoms with Gasteiger partial charge in [0, 0.05) is 5.56 Å². The molecule has 0 fully saturated rings. The lowest BCUT2D eigenvalue weighted by Gasteiger charge is -2.39. The molecule has 0 saturated heterocycles. The van der Waals surface area contributed by atoms with Crippen molar-refractivity contribution in [1.29, 1.82) is 0 Å². The molecule has 0 bridgehead atoms. The van der Waals surface area contributed by atoms with Gasteiger partial charge in [-0.15, -0.1) is 0 Å². The van der Waals surface area contributed by atoms with Crippen LogP contribution in [0.3, 0.4) is 0 Å². The average Bonchev–Trinajstić information content (AvgIpc) is 2.67. The maximum Gasteiger partial charge on any atom is 0.124 e. The van der Waals surface area contributed by atoms with E-state index in [1.165, 1.54) is 0 Å². The Morgan fingerprint density at radius 3 is 1.76 bits per heavy atom. The molecule has 3 heteroatoms. The molecule has 0 aromatic heterocycles. The molecule has 1 unspecified atom stereocenters. The third kappa shape index (κ3) is 3.29. The van der Waals surface area contributed by atoms with E-state index >= 15 is 0 Å². The maximum absolute atomic E-state index is 6.23. The van der Waals surface area contributed by atoms with Gasteiger partial charge in [0.25, 0.3) is 0 Å². The third-order valence-electron chi connectivity index (χ3n) is 4.37. The van der Waals surface area contributed by atoms with Crippen LogP contribution in [0.15, 0.2) is 84.9 Å². The van der Waals surface area contributed by atoms with Crippen LogP contribution in [0.2, 0.25) is 0 Å². The summed E-state index contributed by atoms with van der Waals surface area (Å²) in [5.74, 6) is 0.823. The van der Waals surface area contributed by atoms with E-state index in [-0.39, 0.29) is 6.17 Å². The van der Waals surface area contributed by atoms with Crippen LogP contribution in [0.4, 0.5) is 0 Å². The fourth-order valence-electron chi connectivity index (χ4n) is 3.39. The molecular formula is C22H24N2O. The van der Waals surface area contributed by atoms with Gasteiger partial charge in [-0.2, -0.15) is 0 Å². The molecule has 0 amide bonds. The second kappa shape index (κ2) is 7.51. The SMILES string of the molecule is COc1ccccc1C(NC(C)N)(c1ccccc1)c1ccccc1. The van der Waals surface area contributed by atoms with Gasteiger partial charge in [0.2, 0.25) is 0 Å². The van der Waals surface area contributed by atoms with E-state index < -0.39 is 5.54 Å². The van der Waals surface area contributed by atoms with Gasteiger partial charge in [-0.3, -0.25) is 5.32 Å². The Bertz CT molecular complexity index is 761. The summed E-state index contributed by atoms with van der Waals surface area (Å²) >= 11 is 0. The summed E-state index contributed by atoms with van der Waals surface area (Å²) in [5.41, 5.74) is 8.88. The van der Waals surface area contributed by atoms with Gasteiger partial charge in [0.05, 0.1) is 18.8 Å². The minimum Gasteiger partial charge on any atom is -0.496 e. The Morgan fingerprint density at radius 2 is 1.28 bits per heavy atom. The van der Waals surface area contributed by atoms with Crippen LogP contribution in [0, 0.1) is 0 Å². The molecule has 25 heavy (non-hydrogen) atoms. The van der Waals surface area contributed by atoms with E-state index in [2.05, 4.69) is 35.6 Å². The molecule has 3 aromatic carbocycles. The van der Waals surface area contributed by atoms with Gasteiger partial charge in [-0.25, -0.2) is 0 Å². The van der Waals surface area contributed by atoms with Gasteiger partial charge in [-0.1, -0.05) is 78.9 Å². The Morgan fingerprint density at radius 1 is 0.800 bits per heavy atom. The van der Waals surface area contributed by atoms with Crippen molar-refractivity contribution in [2.24, 2.45) is 5.73 Å². The lowest BCUT2D eigenvalue weighted by atomic mass is 9.76. The van der Waals surface area contributed by atoms with Crippen LogP contribution in [0.5, 0.6) is 5.75 Å². The highest BCUT2D eigenvalue weighted by molar-refractivity contribution is 5.54. The molecule has 128 valence electrons. The van der Waals surface area contributed by atoms with Crippen molar-refractivity contribution in [2.75, 3.05) is 7.11 Å². The summed E-state index contributed by atoms with van der Waals surface area (Å²) in [5, 5.41) is 3.61. The molecule has 1 atom stereocenters. The number of para-hydroxylation sites is 1. The summed E-state index contributed by atoms with van der Waals surface area (Å²) in [6.45, 7) is 1.95. The molecular weight excluding hydrogens is 308 g/mol. The predicted octanol–water partition coefficient (Wildman–Crippen LogP) is 3.88. The summed E-state index contributed by atoms with van der Waals surface area (Å²) in [4.78, 5) is 0. The van der Waals surface area contributed by atoms with Crippen molar-refractivity contribution in [3.63, 3.8) is 0 Å². The van der Waals surface area contributed by atoms with Crippen molar-refractivity contribution in [1.82, 2.24) is 5.32 Å². The highest BCUT2D eigenvalue weighted by Crippen LogP contribution is 2.41. The van der Waals surface area contributed by atoms with Crippen LogP contribution in [-0.2, 0) is 5.54 Å². The lowest BCUT2D eigenvalue weighted by molar-refractivity contribution is 0.370. The molecule has 0 spiro atoms. The summed E-state index contributed by atoms with van der Waals surface area (Å²) in [7, 11) is 1.70. The number of nitrogens with one attached hydrogen (secondary N) is 1. The first-order chi connectivity index (χ1) is 12.2. The summed E-state index contributed by atoms with van der Waals surface area (Å²) in [6, 6.07) is 28.8. The molecule has 0 heterocycles. The minimum absolute atomic E-state index is 0.217. The van der Waals surface area contributed by atoms with Gasteiger partial charge in [-0.05, 0) is 24.1 Å². The van der Waals surface area contributed by atoms with Crippen LogP contribution in [0.1, 0.15) is 23.6 Å². The first kappa shape index (κ1) is 17.2. The van der Waals surface area contributed by atoms with Gasteiger partial charge in [0.15, 0.2) is 0 Å². The molecule has 0 radical (unpaired) electrons. The Balaban J connectivity index is 2.37. The van der Waals surface area contributed by atoms with E-state index in [1.54, 1.807) is 7.11 Å². The maximum atomic E-state index is 6.23. The van der Waals surface area contributed by atoms with Gasteiger partial charge in [0.1, 0.15) is 5.75 Å². The van der Waals surface area contributed by atoms with E-state index in [4.69, 9.17) is 10.5 Å². The molecule has 3 aromatic rings. The zero-order valence-electron chi connectivity index (χ0n) is 14.6. The number of rotatable bonds is 6. The van der Waals surface area contributed by atoms with Crippen molar-refractivity contribution < 1.29 is 4.74 Å².